The van der Waals surface area contributed by atoms with Crippen molar-refractivity contribution in [1.29, 1.82) is 0 Å². The van der Waals surface area contributed by atoms with Gasteiger partial charge >= 0.3 is 5.97 Å². The van der Waals surface area contributed by atoms with Crippen molar-refractivity contribution in [2.24, 2.45) is 0 Å². The number of amides is 1. The molecule has 0 bridgehead atoms. The number of furan rings is 1. The average molecular weight is 278 g/mol. The monoisotopic (exact) mass is 278 g/mol. The fourth-order valence-electron chi connectivity index (χ4n) is 1.70. The first-order valence-corrected chi connectivity index (χ1v) is 6.16. The highest BCUT2D eigenvalue weighted by molar-refractivity contribution is 5.95. The van der Waals surface area contributed by atoms with Crippen LogP contribution in [0.1, 0.15) is 30.3 Å². The van der Waals surface area contributed by atoms with Crippen LogP contribution in [0.5, 0.6) is 0 Å². The van der Waals surface area contributed by atoms with E-state index in [4.69, 9.17) is 14.0 Å². The summed E-state index contributed by atoms with van der Waals surface area (Å²) in [7, 11) is 0. The summed E-state index contributed by atoms with van der Waals surface area (Å²) < 4.78 is 10.1. The maximum atomic E-state index is 11.9. The third kappa shape index (κ3) is 3.05. The molecule has 2 aromatic heterocycles. The molecule has 0 fully saturated rings. The van der Waals surface area contributed by atoms with Crippen LogP contribution in [0.3, 0.4) is 0 Å². The van der Waals surface area contributed by atoms with Gasteiger partial charge in [-0.3, -0.25) is 4.79 Å². The summed E-state index contributed by atoms with van der Waals surface area (Å²) in [5.41, 5.74) is 0.0127. The molecule has 0 saturated carbocycles. The molecule has 2 aromatic rings. The second kappa shape index (κ2) is 6.05. The smallest absolute Gasteiger partial charge is 0.326 e. The van der Waals surface area contributed by atoms with Crippen molar-refractivity contribution >= 4 is 11.9 Å². The minimum atomic E-state index is -1.07. The number of hydrogen-bond acceptors (Lipinski definition) is 5. The van der Waals surface area contributed by atoms with Gasteiger partial charge in [0.1, 0.15) is 6.04 Å². The van der Waals surface area contributed by atoms with Crippen molar-refractivity contribution in [3.8, 4) is 11.5 Å². The molecule has 0 aromatic carbocycles. The molecule has 0 unspecified atom stereocenters. The lowest BCUT2D eigenvalue weighted by molar-refractivity contribution is -0.139. The molecular weight excluding hydrogens is 264 g/mol. The molecule has 2 heterocycles. The number of carboxylic acid groups (broad SMARTS) is 1. The molecule has 0 radical (unpaired) electrons. The molecule has 0 aliphatic rings. The van der Waals surface area contributed by atoms with Gasteiger partial charge < -0.3 is 19.4 Å². The van der Waals surface area contributed by atoms with Gasteiger partial charge in [0.2, 0.25) is 5.76 Å². The van der Waals surface area contributed by atoms with Gasteiger partial charge in [0, 0.05) is 6.07 Å². The van der Waals surface area contributed by atoms with Crippen LogP contribution in [0.25, 0.3) is 11.5 Å². The number of rotatable bonds is 6. The Labute approximate surface area is 114 Å². The normalized spacial score (nSPS) is 12.1. The van der Waals surface area contributed by atoms with E-state index in [-0.39, 0.29) is 5.69 Å². The number of carbonyl (C=O) groups is 2. The van der Waals surface area contributed by atoms with E-state index in [1.165, 1.54) is 12.3 Å². The number of hydrogen-bond donors (Lipinski definition) is 2. The third-order valence-electron chi connectivity index (χ3n) is 2.69. The quantitative estimate of drug-likeness (QED) is 0.836. The summed E-state index contributed by atoms with van der Waals surface area (Å²) in [4.78, 5) is 22.9. The van der Waals surface area contributed by atoms with Gasteiger partial charge in [0.25, 0.3) is 5.91 Å². The third-order valence-corrected chi connectivity index (χ3v) is 2.69. The van der Waals surface area contributed by atoms with Crippen molar-refractivity contribution in [1.82, 2.24) is 10.5 Å². The average Bonchev–Trinajstić information content (AvgIpc) is 3.08. The first kappa shape index (κ1) is 13.9. The second-order valence-electron chi connectivity index (χ2n) is 4.21. The van der Waals surface area contributed by atoms with Crippen molar-refractivity contribution in [2.75, 3.05) is 0 Å². The fourth-order valence-corrected chi connectivity index (χ4v) is 1.70. The SMILES string of the molecule is CCC[C@H](NC(=O)c1cc(-c2ccco2)on1)C(=O)O. The molecule has 2 rings (SSSR count). The zero-order chi connectivity index (χ0) is 14.5. The van der Waals surface area contributed by atoms with Crippen LogP contribution in [0, 0.1) is 0 Å². The van der Waals surface area contributed by atoms with E-state index in [0.717, 1.165) is 0 Å². The molecule has 0 spiro atoms. The maximum absolute atomic E-state index is 11.9. The standard InChI is InChI=1S/C13H14N2O5/c1-2-4-8(13(17)18)14-12(16)9-7-11(20-15-9)10-5-3-6-19-10/h3,5-8H,2,4H2,1H3,(H,14,16)(H,17,18)/t8-/m0/s1. The van der Waals surface area contributed by atoms with E-state index in [2.05, 4.69) is 10.5 Å². The Bertz CT molecular complexity index is 588. The Balaban J connectivity index is 2.08. The predicted molar refractivity (Wildman–Crippen MR) is 68.0 cm³/mol. The lowest BCUT2D eigenvalue weighted by Crippen LogP contribution is -2.40. The zero-order valence-electron chi connectivity index (χ0n) is 10.8. The molecule has 1 amide bonds. The van der Waals surface area contributed by atoms with Gasteiger partial charge in [-0.2, -0.15) is 0 Å². The Morgan fingerprint density at radius 1 is 1.45 bits per heavy atom. The van der Waals surface area contributed by atoms with Gasteiger partial charge in [-0.05, 0) is 18.6 Å². The summed E-state index contributed by atoms with van der Waals surface area (Å²) in [6.45, 7) is 1.84. The first-order valence-electron chi connectivity index (χ1n) is 6.16. The topological polar surface area (TPSA) is 106 Å². The molecule has 7 nitrogen and oxygen atoms in total. The van der Waals surface area contributed by atoms with Crippen LogP contribution < -0.4 is 5.32 Å². The van der Waals surface area contributed by atoms with E-state index in [1.54, 1.807) is 12.1 Å². The summed E-state index contributed by atoms with van der Waals surface area (Å²) in [6.07, 6.45) is 2.47. The Kier molecular flexibility index (Phi) is 4.19. The van der Waals surface area contributed by atoms with E-state index < -0.39 is 17.9 Å². The molecule has 0 saturated heterocycles. The van der Waals surface area contributed by atoms with Crippen LogP contribution in [-0.4, -0.2) is 28.2 Å². The molecular formula is C13H14N2O5. The number of carboxylic acids is 1. The van der Waals surface area contributed by atoms with Crippen molar-refractivity contribution in [2.45, 2.75) is 25.8 Å². The number of aromatic nitrogens is 1. The molecule has 20 heavy (non-hydrogen) atoms. The van der Waals surface area contributed by atoms with Crippen LogP contribution >= 0.6 is 0 Å². The van der Waals surface area contributed by atoms with Crippen LogP contribution in [0.4, 0.5) is 0 Å². The summed E-state index contributed by atoms with van der Waals surface area (Å²) >= 11 is 0. The number of carbonyl (C=O) groups excluding carboxylic acids is 1. The molecule has 0 aliphatic heterocycles. The second-order valence-corrected chi connectivity index (χ2v) is 4.21. The lowest BCUT2D eigenvalue weighted by atomic mass is 10.1. The van der Waals surface area contributed by atoms with E-state index >= 15 is 0 Å². The minimum Gasteiger partial charge on any atom is -0.480 e. The molecule has 2 N–H and O–H groups in total. The highest BCUT2D eigenvalue weighted by Crippen LogP contribution is 2.20. The van der Waals surface area contributed by atoms with Gasteiger partial charge in [0.05, 0.1) is 6.26 Å². The number of nitrogens with one attached hydrogen (secondary N) is 1. The van der Waals surface area contributed by atoms with Gasteiger partial charge in [0.15, 0.2) is 11.5 Å². The van der Waals surface area contributed by atoms with E-state index in [9.17, 15) is 9.59 Å². The number of nitrogens with zero attached hydrogens (tertiary/aromatic N) is 1. The lowest BCUT2D eigenvalue weighted by Gasteiger charge is -2.11. The highest BCUT2D eigenvalue weighted by Gasteiger charge is 2.22. The molecule has 106 valence electrons. The number of aliphatic carboxylic acids is 1. The van der Waals surface area contributed by atoms with Crippen molar-refractivity contribution < 1.29 is 23.6 Å². The van der Waals surface area contributed by atoms with Gasteiger partial charge in [-0.25, -0.2) is 4.79 Å². The molecule has 0 aliphatic carbocycles. The van der Waals surface area contributed by atoms with Crippen LogP contribution in [0.2, 0.25) is 0 Å². The highest BCUT2D eigenvalue weighted by atomic mass is 16.5. The zero-order valence-corrected chi connectivity index (χ0v) is 10.8. The van der Waals surface area contributed by atoms with Gasteiger partial charge in [-0.1, -0.05) is 18.5 Å². The van der Waals surface area contributed by atoms with Crippen LogP contribution in [0.15, 0.2) is 33.4 Å². The van der Waals surface area contributed by atoms with E-state index in [1.807, 2.05) is 6.92 Å². The molecule has 1 atom stereocenters. The Morgan fingerprint density at radius 3 is 2.85 bits per heavy atom. The first-order chi connectivity index (χ1) is 9.61. The summed E-state index contributed by atoms with van der Waals surface area (Å²) in [5.74, 6) is -0.912. The molecule has 7 heteroatoms. The summed E-state index contributed by atoms with van der Waals surface area (Å²) in [5, 5.41) is 15.0. The Hall–Kier alpha value is -2.57. The predicted octanol–water partition coefficient (Wildman–Crippen LogP) is 1.92. The van der Waals surface area contributed by atoms with Crippen LogP contribution in [-0.2, 0) is 4.79 Å². The van der Waals surface area contributed by atoms with E-state index in [0.29, 0.717) is 24.4 Å². The van der Waals surface area contributed by atoms with Crippen molar-refractivity contribution in [3.05, 3.63) is 30.2 Å². The Morgan fingerprint density at radius 2 is 2.25 bits per heavy atom. The maximum Gasteiger partial charge on any atom is 0.326 e. The summed E-state index contributed by atoms with van der Waals surface area (Å²) in [6, 6.07) is 3.81. The van der Waals surface area contributed by atoms with Gasteiger partial charge in [-0.15, -0.1) is 0 Å². The minimum absolute atomic E-state index is 0.0127. The fraction of sp³-hybridized carbons (Fsp3) is 0.308. The largest absolute Gasteiger partial charge is 0.480 e. The van der Waals surface area contributed by atoms with Crippen molar-refractivity contribution in [3.63, 3.8) is 0 Å².